The Morgan fingerprint density at radius 1 is 1.33 bits per heavy atom. The minimum Gasteiger partial charge on any atom is -0.383 e. The molecule has 3 fully saturated rings. The highest BCUT2D eigenvalue weighted by Crippen LogP contribution is 2.41. The van der Waals surface area contributed by atoms with Gasteiger partial charge in [0.2, 0.25) is 5.91 Å². The molecule has 0 saturated carbocycles. The van der Waals surface area contributed by atoms with E-state index in [0.717, 1.165) is 75.9 Å². The molecular formula is C19H29N5O2S. The molecule has 1 spiro atoms. The Balaban J connectivity index is 1.40. The van der Waals surface area contributed by atoms with E-state index in [1.54, 1.807) is 0 Å². The van der Waals surface area contributed by atoms with E-state index in [9.17, 15) is 4.79 Å². The van der Waals surface area contributed by atoms with E-state index in [4.69, 9.17) is 10.5 Å². The number of anilines is 2. The zero-order valence-electron chi connectivity index (χ0n) is 16.0. The van der Waals surface area contributed by atoms with Crippen LogP contribution in [0.15, 0.2) is 11.2 Å². The van der Waals surface area contributed by atoms with Gasteiger partial charge in [-0.1, -0.05) is 11.8 Å². The van der Waals surface area contributed by atoms with Gasteiger partial charge in [0, 0.05) is 45.3 Å². The van der Waals surface area contributed by atoms with E-state index in [-0.39, 0.29) is 11.5 Å². The number of likely N-dealkylation sites (tertiary alicyclic amines) is 1. The highest BCUT2D eigenvalue weighted by atomic mass is 32.2. The summed E-state index contributed by atoms with van der Waals surface area (Å²) in [4.78, 5) is 25.7. The summed E-state index contributed by atoms with van der Waals surface area (Å²) >= 11 is 1.51. The fourth-order valence-electron chi connectivity index (χ4n) is 4.60. The highest BCUT2D eigenvalue weighted by molar-refractivity contribution is 7.98. The largest absolute Gasteiger partial charge is 0.383 e. The van der Waals surface area contributed by atoms with Crippen molar-refractivity contribution in [2.45, 2.75) is 49.8 Å². The van der Waals surface area contributed by atoms with Crippen molar-refractivity contribution in [2.24, 2.45) is 5.41 Å². The molecule has 1 amide bonds. The Labute approximate surface area is 165 Å². The standard InChI is InChI=1S/C19H29N5O2S/c1-27-18-21-15(20)11-16(22-18)23-8-6-19(7-9-23)5-4-17(25)24(13-19)12-14-3-2-10-26-14/h11,14H,2-10,12-13H2,1H3,(H2,20,21,22)/t14-/m1/s1. The molecule has 148 valence electrons. The van der Waals surface area contributed by atoms with Crippen molar-refractivity contribution in [1.29, 1.82) is 0 Å². The molecule has 1 aromatic rings. The number of nitrogens with zero attached hydrogens (tertiary/aromatic N) is 4. The average Bonchev–Trinajstić information content (AvgIpc) is 3.18. The third-order valence-corrected chi connectivity index (χ3v) is 6.79. The van der Waals surface area contributed by atoms with Gasteiger partial charge in [0.05, 0.1) is 6.10 Å². The second-order valence-corrected chi connectivity index (χ2v) is 8.81. The van der Waals surface area contributed by atoms with Crippen LogP contribution in [0, 0.1) is 5.41 Å². The van der Waals surface area contributed by atoms with Gasteiger partial charge in [0.25, 0.3) is 0 Å². The zero-order valence-corrected chi connectivity index (χ0v) is 16.8. The van der Waals surface area contributed by atoms with Gasteiger partial charge in [0.1, 0.15) is 11.6 Å². The third-order valence-electron chi connectivity index (χ3n) is 6.24. The molecule has 4 rings (SSSR count). The van der Waals surface area contributed by atoms with E-state index in [1.807, 2.05) is 12.3 Å². The number of carbonyl (C=O) groups excluding carboxylic acids is 1. The monoisotopic (exact) mass is 391 g/mol. The smallest absolute Gasteiger partial charge is 0.222 e. The molecule has 2 N–H and O–H groups in total. The molecule has 4 heterocycles. The lowest BCUT2D eigenvalue weighted by Crippen LogP contribution is -2.53. The minimum absolute atomic E-state index is 0.234. The lowest BCUT2D eigenvalue weighted by molar-refractivity contribution is -0.140. The van der Waals surface area contributed by atoms with Crippen LogP contribution in [0.5, 0.6) is 0 Å². The van der Waals surface area contributed by atoms with Crippen molar-refractivity contribution in [1.82, 2.24) is 14.9 Å². The molecule has 0 aliphatic carbocycles. The molecule has 1 atom stereocenters. The Bertz CT molecular complexity index is 687. The van der Waals surface area contributed by atoms with Crippen molar-refractivity contribution in [3.63, 3.8) is 0 Å². The Morgan fingerprint density at radius 3 is 2.85 bits per heavy atom. The normalized spacial score (nSPS) is 25.4. The number of aromatic nitrogens is 2. The predicted molar refractivity (Wildman–Crippen MR) is 107 cm³/mol. The maximum absolute atomic E-state index is 12.4. The van der Waals surface area contributed by atoms with Crippen LogP contribution in [0.1, 0.15) is 38.5 Å². The van der Waals surface area contributed by atoms with Crippen LogP contribution in [0.4, 0.5) is 11.6 Å². The lowest BCUT2D eigenvalue weighted by atomic mass is 9.72. The van der Waals surface area contributed by atoms with Gasteiger partial charge in [-0.3, -0.25) is 4.79 Å². The van der Waals surface area contributed by atoms with E-state index >= 15 is 0 Å². The number of hydrogen-bond acceptors (Lipinski definition) is 7. The van der Waals surface area contributed by atoms with Crippen molar-refractivity contribution in [3.05, 3.63) is 6.07 Å². The summed E-state index contributed by atoms with van der Waals surface area (Å²) in [5.74, 6) is 1.74. The van der Waals surface area contributed by atoms with E-state index in [1.165, 1.54) is 11.8 Å². The molecule has 27 heavy (non-hydrogen) atoms. The number of amides is 1. The molecular weight excluding hydrogens is 362 g/mol. The van der Waals surface area contributed by atoms with Crippen molar-refractivity contribution in [2.75, 3.05) is 49.7 Å². The summed E-state index contributed by atoms with van der Waals surface area (Å²) < 4.78 is 5.76. The van der Waals surface area contributed by atoms with Gasteiger partial charge >= 0.3 is 0 Å². The van der Waals surface area contributed by atoms with Crippen LogP contribution in [0.2, 0.25) is 0 Å². The van der Waals surface area contributed by atoms with Gasteiger partial charge < -0.3 is 20.3 Å². The first-order valence-electron chi connectivity index (χ1n) is 9.90. The summed E-state index contributed by atoms with van der Waals surface area (Å²) in [6.45, 7) is 4.39. The number of thioether (sulfide) groups is 1. The zero-order chi connectivity index (χ0) is 18.9. The number of nitrogens with two attached hydrogens (primary N) is 1. The maximum atomic E-state index is 12.4. The van der Waals surface area contributed by atoms with Crippen LogP contribution in [-0.4, -0.2) is 65.9 Å². The lowest BCUT2D eigenvalue weighted by Gasteiger charge is -2.48. The topological polar surface area (TPSA) is 84.6 Å². The molecule has 0 bridgehead atoms. The Hall–Kier alpha value is -1.54. The van der Waals surface area contributed by atoms with Crippen LogP contribution in [0.25, 0.3) is 0 Å². The SMILES string of the molecule is CSc1nc(N)cc(N2CCC3(CCC(=O)N(C[C@H]4CCCO4)C3)CC2)n1. The first kappa shape index (κ1) is 18.8. The quantitative estimate of drug-likeness (QED) is 0.622. The van der Waals surface area contributed by atoms with Crippen molar-refractivity contribution < 1.29 is 9.53 Å². The Kier molecular flexibility index (Phi) is 5.45. The van der Waals surface area contributed by atoms with Gasteiger partial charge in [-0.25, -0.2) is 9.97 Å². The fraction of sp³-hybridized carbons (Fsp3) is 0.737. The molecule has 3 aliphatic heterocycles. The second-order valence-electron chi connectivity index (χ2n) is 8.03. The van der Waals surface area contributed by atoms with Gasteiger partial charge in [-0.05, 0) is 43.8 Å². The van der Waals surface area contributed by atoms with Crippen molar-refractivity contribution in [3.8, 4) is 0 Å². The molecule has 0 aromatic carbocycles. The predicted octanol–water partition coefficient (Wildman–Crippen LogP) is 2.17. The Morgan fingerprint density at radius 2 is 2.15 bits per heavy atom. The summed E-state index contributed by atoms with van der Waals surface area (Å²) in [5, 5.41) is 0.719. The van der Waals surface area contributed by atoms with Crippen molar-refractivity contribution >= 4 is 29.3 Å². The molecule has 0 radical (unpaired) electrons. The van der Waals surface area contributed by atoms with Gasteiger partial charge in [0.15, 0.2) is 5.16 Å². The molecule has 0 unspecified atom stereocenters. The number of ether oxygens (including phenoxy) is 1. The van der Waals surface area contributed by atoms with Gasteiger partial charge in [-0.2, -0.15) is 0 Å². The highest BCUT2D eigenvalue weighted by Gasteiger charge is 2.41. The number of nitrogen functional groups attached to an aromatic ring is 1. The van der Waals surface area contributed by atoms with E-state index in [0.29, 0.717) is 18.1 Å². The fourth-order valence-corrected chi connectivity index (χ4v) is 4.99. The van der Waals surface area contributed by atoms with Gasteiger partial charge in [-0.15, -0.1) is 0 Å². The molecule has 3 saturated heterocycles. The molecule has 3 aliphatic rings. The first-order chi connectivity index (χ1) is 13.1. The number of piperidine rings is 2. The second kappa shape index (κ2) is 7.83. The van der Waals surface area contributed by atoms with E-state index < -0.39 is 0 Å². The molecule has 7 nitrogen and oxygen atoms in total. The van der Waals surface area contributed by atoms with Crippen LogP contribution >= 0.6 is 11.8 Å². The summed E-state index contributed by atoms with van der Waals surface area (Å²) in [7, 11) is 0. The van der Waals surface area contributed by atoms with Crippen LogP contribution in [-0.2, 0) is 9.53 Å². The van der Waals surface area contributed by atoms with E-state index in [2.05, 4.69) is 19.8 Å². The summed E-state index contributed by atoms with van der Waals surface area (Å²) in [6.07, 6.45) is 8.24. The number of carbonyl (C=O) groups is 1. The number of hydrogen-bond donors (Lipinski definition) is 1. The maximum Gasteiger partial charge on any atom is 0.222 e. The first-order valence-corrected chi connectivity index (χ1v) is 11.1. The third kappa shape index (κ3) is 4.16. The summed E-state index contributed by atoms with van der Waals surface area (Å²) in [6, 6.07) is 1.87. The minimum atomic E-state index is 0.234. The number of rotatable bonds is 4. The van der Waals surface area contributed by atoms with Crippen LogP contribution in [0.3, 0.4) is 0 Å². The molecule has 1 aromatic heterocycles. The summed E-state index contributed by atoms with van der Waals surface area (Å²) in [5.41, 5.74) is 6.18. The average molecular weight is 392 g/mol. The van der Waals surface area contributed by atoms with Crippen LogP contribution < -0.4 is 10.6 Å². The molecule has 8 heteroatoms.